The lowest BCUT2D eigenvalue weighted by Crippen LogP contribution is -2.15. The van der Waals surface area contributed by atoms with Crippen LogP contribution < -0.4 is 10.5 Å². The van der Waals surface area contributed by atoms with Crippen LogP contribution in [0.2, 0.25) is 5.02 Å². The second-order valence-electron chi connectivity index (χ2n) is 4.43. The molecule has 2 aromatic carbocycles. The van der Waals surface area contributed by atoms with Gasteiger partial charge in [-0.05, 0) is 42.8 Å². The fourth-order valence-corrected chi connectivity index (χ4v) is 3.18. The second-order valence-corrected chi connectivity index (χ2v) is 6.52. The van der Waals surface area contributed by atoms with Crippen LogP contribution in [0.1, 0.15) is 11.1 Å². The molecular weight excluding hydrogens is 310 g/mol. The molecule has 108 valence electrons. The zero-order valence-corrected chi connectivity index (χ0v) is 12.7. The molecule has 0 aliphatic heterocycles. The van der Waals surface area contributed by atoms with E-state index in [2.05, 4.69) is 4.72 Å². The highest BCUT2D eigenvalue weighted by Crippen LogP contribution is 2.26. The number of anilines is 2. The molecule has 2 aromatic rings. The molecule has 0 amide bonds. The molecule has 2 rings (SSSR count). The number of nitrogens with two attached hydrogens (primary N) is 1. The number of aryl methyl sites for hydroxylation is 1. The van der Waals surface area contributed by atoms with Crippen LogP contribution in [0.25, 0.3) is 0 Å². The van der Waals surface area contributed by atoms with Crippen molar-refractivity contribution in [3.05, 3.63) is 52.5 Å². The summed E-state index contributed by atoms with van der Waals surface area (Å²) in [6, 6.07) is 10.9. The Morgan fingerprint density at radius 3 is 2.57 bits per heavy atom. The summed E-state index contributed by atoms with van der Waals surface area (Å²) in [5.74, 6) is 0. The maximum absolute atomic E-state index is 12.4. The number of sulfonamides is 1. The van der Waals surface area contributed by atoms with Crippen molar-refractivity contribution in [2.75, 3.05) is 10.5 Å². The second kappa shape index (κ2) is 5.64. The predicted molar refractivity (Wildman–Crippen MR) is 82.6 cm³/mol. The van der Waals surface area contributed by atoms with Crippen molar-refractivity contribution in [1.82, 2.24) is 0 Å². The summed E-state index contributed by atoms with van der Waals surface area (Å²) < 4.78 is 27.2. The number of nitrogens with zero attached hydrogens (tertiary/aromatic N) is 1. The van der Waals surface area contributed by atoms with Gasteiger partial charge in [-0.3, -0.25) is 4.72 Å². The summed E-state index contributed by atoms with van der Waals surface area (Å²) in [6.07, 6.45) is 0. The Morgan fingerprint density at radius 2 is 1.95 bits per heavy atom. The summed E-state index contributed by atoms with van der Waals surface area (Å²) in [7, 11) is -3.85. The van der Waals surface area contributed by atoms with E-state index in [1.807, 2.05) is 6.07 Å². The number of hydrogen-bond donors (Lipinski definition) is 2. The van der Waals surface area contributed by atoms with Crippen molar-refractivity contribution in [3.63, 3.8) is 0 Å². The molecule has 0 radical (unpaired) electrons. The van der Waals surface area contributed by atoms with Crippen molar-refractivity contribution in [2.45, 2.75) is 11.8 Å². The van der Waals surface area contributed by atoms with E-state index in [4.69, 9.17) is 22.6 Å². The third-order valence-corrected chi connectivity index (χ3v) is 4.55. The summed E-state index contributed by atoms with van der Waals surface area (Å²) in [6.45, 7) is 1.74. The highest BCUT2D eigenvalue weighted by molar-refractivity contribution is 7.92. The highest BCUT2D eigenvalue weighted by atomic mass is 35.5. The number of rotatable bonds is 3. The molecule has 0 aliphatic rings. The Labute approximate surface area is 128 Å². The van der Waals surface area contributed by atoms with Gasteiger partial charge in [0.25, 0.3) is 10.0 Å². The zero-order valence-electron chi connectivity index (χ0n) is 11.1. The summed E-state index contributed by atoms with van der Waals surface area (Å²) in [4.78, 5) is -0.0614. The van der Waals surface area contributed by atoms with Gasteiger partial charge in [0.1, 0.15) is 4.90 Å². The number of benzene rings is 2. The average molecular weight is 322 g/mol. The standard InChI is InChI=1S/C14H12ClN3O2S/c1-9-2-3-10(8-16)6-13(9)18-21(19,20)14-5-4-11(15)7-12(14)17/h2-7,18H,17H2,1H3. The van der Waals surface area contributed by atoms with Gasteiger partial charge >= 0.3 is 0 Å². The summed E-state index contributed by atoms with van der Waals surface area (Å²) >= 11 is 5.76. The molecule has 0 aromatic heterocycles. The van der Waals surface area contributed by atoms with Crippen molar-refractivity contribution < 1.29 is 8.42 Å². The molecule has 5 nitrogen and oxygen atoms in total. The largest absolute Gasteiger partial charge is 0.398 e. The van der Waals surface area contributed by atoms with Gasteiger partial charge in [0.15, 0.2) is 0 Å². The smallest absolute Gasteiger partial charge is 0.263 e. The van der Waals surface area contributed by atoms with Crippen molar-refractivity contribution in [1.29, 1.82) is 5.26 Å². The fourth-order valence-electron chi connectivity index (χ4n) is 1.77. The minimum absolute atomic E-state index is 0.0593. The van der Waals surface area contributed by atoms with E-state index in [1.54, 1.807) is 19.1 Å². The van der Waals surface area contributed by atoms with Gasteiger partial charge < -0.3 is 5.73 Å². The molecule has 0 saturated carbocycles. The minimum atomic E-state index is -3.85. The average Bonchev–Trinajstić information content (AvgIpc) is 2.40. The van der Waals surface area contributed by atoms with Gasteiger partial charge in [0.2, 0.25) is 0 Å². The number of halogens is 1. The monoisotopic (exact) mass is 321 g/mol. The van der Waals surface area contributed by atoms with Crippen LogP contribution >= 0.6 is 11.6 Å². The first-order chi connectivity index (χ1) is 9.83. The molecule has 21 heavy (non-hydrogen) atoms. The Hall–Kier alpha value is -2.23. The van der Waals surface area contributed by atoms with E-state index in [1.165, 1.54) is 24.3 Å². The first-order valence-corrected chi connectivity index (χ1v) is 7.78. The van der Waals surface area contributed by atoms with Crippen LogP contribution in [-0.2, 0) is 10.0 Å². The lowest BCUT2D eigenvalue weighted by Gasteiger charge is -2.12. The summed E-state index contributed by atoms with van der Waals surface area (Å²) in [5, 5.41) is 9.24. The van der Waals surface area contributed by atoms with Crippen molar-refractivity contribution in [3.8, 4) is 6.07 Å². The number of nitriles is 1. The molecule has 0 heterocycles. The number of nitrogens with one attached hydrogen (secondary N) is 1. The van der Waals surface area contributed by atoms with Gasteiger partial charge in [-0.25, -0.2) is 8.42 Å². The first-order valence-electron chi connectivity index (χ1n) is 5.92. The number of hydrogen-bond acceptors (Lipinski definition) is 4. The predicted octanol–water partition coefficient (Wildman–Crippen LogP) is 2.90. The van der Waals surface area contributed by atoms with Crippen molar-refractivity contribution >= 4 is 33.0 Å². The molecule has 0 spiro atoms. The molecule has 0 saturated heterocycles. The molecular formula is C14H12ClN3O2S. The van der Waals surface area contributed by atoms with E-state index < -0.39 is 10.0 Å². The lowest BCUT2D eigenvalue weighted by atomic mass is 10.1. The van der Waals surface area contributed by atoms with Crippen LogP contribution in [0.4, 0.5) is 11.4 Å². The quantitative estimate of drug-likeness (QED) is 0.849. The maximum Gasteiger partial charge on any atom is 0.263 e. The van der Waals surface area contributed by atoms with Crippen molar-refractivity contribution in [2.24, 2.45) is 0 Å². The molecule has 3 N–H and O–H groups in total. The maximum atomic E-state index is 12.4. The SMILES string of the molecule is Cc1ccc(C#N)cc1NS(=O)(=O)c1ccc(Cl)cc1N. The van der Waals surface area contributed by atoms with Crippen LogP contribution in [0.5, 0.6) is 0 Å². The lowest BCUT2D eigenvalue weighted by molar-refractivity contribution is 0.601. The van der Waals surface area contributed by atoms with Gasteiger partial charge in [0, 0.05) is 5.02 Å². The third-order valence-electron chi connectivity index (χ3n) is 2.87. The van der Waals surface area contributed by atoms with Crippen LogP contribution in [-0.4, -0.2) is 8.42 Å². The van der Waals surface area contributed by atoms with Crippen LogP contribution in [0.3, 0.4) is 0 Å². The van der Waals surface area contributed by atoms with Crippen LogP contribution in [0, 0.1) is 18.3 Å². The third kappa shape index (κ3) is 3.27. The van der Waals surface area contributed by atoms with E-state index in [9.17, 15) is 8.42 Å². The van der Waals surface area contributed by atoms with Gasteiger partial charge in [0.05, 0.1) is 23.0 Å². The zero-order chi connectivity index (χ0) is 15.6. The molecule has 0 unspecified atom stereocenters. The van der Waals surface area contributed by atoms with Gasteiger partial charge in [-0.15, -0.1) is 0 Å². The first kappa shape index (κ1) is 15.2. The van der Waals surface area contributed by atoms with Crippen LogP contribution in [0.15, 0.2) is 41.3 Å². The van der Waals surface area contributed by atoms with E-state index in [0.717, 1.165) is 0 Å². The summed E-state index contributed by atoms with van der Waals surface area (Å²) in [5.41, 5.74) is 7.16. The topological polar surface area (TPSA) is 96.0 Å². The molecule has 0 bridgehead atoms. The molecule has 7 heteroatoms. The fraction of sp³-hybridized carbons (Fsp3) is 0.0714. The van der Waals surface area contributed by atoms with Gasteiger partial charge in [-0.2, -0.15) is 5.26 Å². The van der Waals surface area contributed by atoms with E-state index >= 15 is 0 Å². The molecule has 0 aliphatic carbocycles. The normalized spacial score (nSPS) is 10.9. The molecule has 0 fully saturated rings. The minimum Gasteiger partial charge on any atom is -0.398 e. The Morgan fingerprint density at radius 1 is 1.24 bits per heavy atom. The Kier molecular flexibility index (Phi) is 4.07. The van der Waals surface area contributed by atoms with E-state index in [-0.39, 0.29) is 10.6 Å². The number of nitrogen functional groups attached to an aromatic ring is 1. The Bertz CT molecular complexity index is 842. The molecule has 0 atom stereocenters. The van der Waals surface area contributed by atoms with Gasteiger partial charge in [-0.1, -0.05) is 17.7 Å². The van der Waals surface area contributed by atoms with E-state index in [0.29, 0.717) is 21.8 Å². The highest BCUT2D eigenvalue weighted by Gasteiger charge is 2.18. The Balaban J connectivity index is 2.45.